The third kappa shape index (κ3) is 10.0. The van der Waals surface area contributed by atoms with Crippen LogP contribution in [0.3, 0.4) is 0 Å². The molecule has 3 saturated heterocycles. The molecule has 0 saturated carbocycles. The largest absolute Gasteiger partial charge is 0.494 e. The van der Waals surface area contributed by atoms with Crippen LogP contribution in [0.25, 0.3) is 11.0 Å². The molecule has 3 amide bonds. The minimum absolute atomic E-state index is 0.185. The molecule has 67 heavy (non-hydrogen) atoms. The highest BCUT2D eigenvalue weighted by Gasteiger charge is 2.40. The highest BCUT2D eigenvalue weighted by Crippen LogP contribution is 2.40. The molecule has 5 aromatic rings. The van der Waals surface area contributed by atoms with Crippen molar-refractivity contribution in [3.05, 3.63) is 83.0 Å². The number of carbonyl (C=O) groups is 3. The number of nitrogens with one attached hydrogen (secondary N) is 4. The maximum absolute atomic E-state index is 13.2. The minimum Gasteiger partial charge on any atom is -0.494 e. The summed E-state index contributed by atoms with van der Waals surface area (Å²) in [4.78, 5) is 59.8. The third-order valence-electron chi connectivity index (χ3n) is 13.8. The number of amides is 3. The van der Waals surface area contributed by atoms with E-state index in [-0.39, 0.29) is 18.2 Å². The number of piperidine rings is 2. The van der Waals surface area contributed by atoms with Crippen molar-refractivity contribution in [3.8, 4) is 11.5 Å². The van der Waals surface area contributed by atoms with E-state index in [4.69, 9.17) is 19.4 Å². The predicted octanol–water partition coefficient (Wildman–Crippen LogP) is 6.78. The second-order valence-electron chi connectivity index (χ2n) is 18.6. The number of aromatic amines is 1. The van der Waals surface area contributed by atoms with E-state index < -0.39 is 19.1 Å². The summed E-state index contributed by atoms with van der Waals surface area (Å²) in [5, 5.41) is 10.9. The number of hydrogen-bond acceptors (Lipinski definition) is 13. The Morgan fingerprint density at radius 2 is 1.66 bits per heavy atom. The van der Waals surface area contributed by atoms with Gasteiger partial charge in [0, 0.05) is 85.6 Å². The normalized spacial score (nSPS) is 18.6. The Hall–Kier alpha value is -5.96. The zero-order chi connectivity index (χ0) is 46.8. The molecule has 3 fully saturated rings. The first kappa shape index (κ1) is 46.2. The van der Waals surface area contributed by atoms with Crippen LogP contribution in [0, 0.1) is 6.92 Å². The molecule has 0 bridgehead atoms. The van der Waals surface area contributed by atoms with Crippen LogP contribution >= 0.6 is 7.14 Å². The summed E-state index contributed by atoms with van der Waals surface area (Å²) in [6.07, 6.45) is 5.58. The van der Waals surface area contributed by atoms with Crippen molar-refractivity contribution in [2.45, 2.75) is 77.4 Å². The lowest BCUT2D eigenvalue weighted by Gasteiger charge is -2.43. The standard InChI is InChI=1S/C50H63N10O6P/c1-6-33-29-39(53-50-55-46-36(28-32(2)51-46)47(56-50)52-38-13-7-8-15-44(38)67(4,5)64)43(65-3)30-41(33)59-21-18-34(19-22-59)58-25-23-57(24-26-58)20-9-10-27-66-42-14-11-12-35-37(42)31-60(49(35)63)40-16-17-45(61)54-48(40)62/h7-8,11-15,28-30,34,40H,6,9-10,16-27,31H2,1-5H3,(H,54,61,62)(H3,51,52,53,55,56). The molecule has 4 aliphatic rings. The summed E-state index contributed by atoms with van der Waals surface area (Å²) >= 11 is 0. The molecule has 17 heteroatoms. The molecule has 9 rings (SSSR count). The third-order valence-corrected chi connectivity index (χ3v) is 15.3. The predicted molar refractivity (Wildman–Crippen MR) is 264 cm³/mol. The number of benzene rings is 3. The van der Waals surface area contributed by atoms with Gasteiger partial charge >= 0.3 is 0 Å². The lowest BCUT2D eigenvalue weighted by molar-refractivity contribution is -0.136. The zero-order valence-corrected chi connectivity index (χ0v) is 40.2. The Bertz CT molecular complexity index is 2700. The number of rotatable bonds is 16. The van der Waals surface area contributed by atoms with Crippen molar-refractivity contribution in [1.82, 2.24) is 35.0 Å². The van der Waals surface area contributed by atoms with E-state index in [1.807, 2.05) is 49.4 Å². The van der Waals surface area contributed by atoms with Gasteiger partial charge < -0.3 is 44.4 Å². The minimum atomic E-state index is -2.56. The highest BCUT2D eigenvalue weighted by molar-refractivity contribution is 7.70. The van der Waals surface area contributed by atoms with Gasteiger partial charge in [0.25, 0.3) is 5.91 Å². The topological polar surface area (TPSA) is 177 Å². The number of unbranched alkanes of at least 4 members (excludes halogenated alkanes) is 1. The van der Waals surface area contributed by atoms with Crippen LogP contribution in [0.15, 0.2) is 60.7 Å². The van der Waals surface area contributed by atoms with Crippen LogP contribution in [0.4, 0.5) is 28.8 Å². The van der Waals surface area contributed by atoms with Gasteiger partial charge in [0.15, 0.2) is 0 Å². The van der Waals surface area contributed by atoms with E-state index in [9.17, 15) is 18.9 Å². The molecule has 1 atom stereocenters. The lowest BCUT2D eigenvalue weighted by atomic mass is 9.99. The average Bonchev–Trinajstić information content (AvgIpc) is 3.87. The number of nitrogens with zero attached hydrogens (tertiary/aromatic N) is 6. The van der Waals surface area contributed by atoms with Gasteiger partial charge in [0.1, 0.15) is 36.1 Å². The number of aryl methyl sites for hydroxylation is 2. The Kier molecular flexibility index (Phi) is 13.6. The molecule has 3 aromatic carbocycles. The quantitative estimate of drug-likeness (QED) is 0.0463. The van der Waals surface area contributed by atoms with Crippen molar-refractivity contribution < 1.29 is 28.4 Å². The summed E-state index contributed by atoms with van der Waals surface area (Å²) in [6.45, 7) is 15.8. The molecule has 4 aliphatic heterocycles. The fraction of sp³-hybridized carbons (Fsp3) is 0.460. The number of anilines is 5. The molecule has 1 unspecified atom stereocenters. The fourth-order valence-electron chi connectivity index (χ4n) is 10.2. The number of fused-ring (bicyclic) bond motifs is 2. The molecule has 4 N–H and O–H groups in total. The number of H-pyrrole nitrogens is 1. The fourth-order valence-corrected chi connectivity index (χ4v) is 11.3. The Morgan fingerprint density at radius 1 is 0.866 bits per heavy atom. The first-order valence-corrected chi connectivity index (χ1v) is 26.3. The van der Waals surface area contributed by atoms with Crippen LogP contribution in [0.5, 0.6) is 11.5 Å². The summed E-state index contributed by atoms with van der Waals surface area (Å²) in [7, 11) is -0.859. The Balaban J connectivity index is 0.755. The van der Waals surface area contributed by atoms with Crippen LogP contribution in [-0.4, -0.2) is 132 Å². The number of imide groups is 1. The SMILES string of the molecule is CCc1cc(Nc2nc(Nc3ccccc3P(C)(C)=O)c3cc(C)[nH]c3n2)c(OC)cc1N1CCC(N2CCN(CCCCOc3cccc4c3CN(C3CCC(=O)NC3=O)C4=O)CC2)CC1. The van der Waals surface area contributed by atoms with Gasteiger partial charge in [0.2, 0.25) is 17.8 Å². The van der Waals surface area contributed by atoms with Crippen molar-refractivity contribution in [1.29, 1.82) is 0 Å². The maximum Gasteiger partial charge on any atom is 0.255 e. The first-order valence-electron chi connectivity index (χ1n) is 23.7. The number of hydrogen-bond donors (Lipinski definition) is 4. The molecule has 2 aromatic heterocycles. The van der Waals surface area contributed by atoms with Crippen LogP contribution in [0.1, 0.15) is 72.6 Å². The summed E-state index contributed by atoms with van der Waals surface area (Å²) < 4.78 is 25.4. The molecule has 16 nitrogen and oxygen atoms in total. The zero-order valence-electron chi connectivity index (χ0n) is 39.3. The molecule has 0 spiro atoms. The van der Waals surface area contributed by atoms with Gasteiger partial charge in [-0.3, -0.25) is 24.6 Å². The smallest absolute Gasteiger partial charge is 0.255 e. The maximum atomic E-state index is 13.2. The van der Waals surface area contributed by atoms with Crippen molar-refractivity contribution in [2.24, 2.45) is 0 Å². The van der Waals surface area contributed by atoms with Crippen LogP contribution < -0.4 is 35.6 Å². The summed E-state index contributed by atoms with van der Waals surface area (Å²) in [5.41, 5.74) is 7.03. The van der Waals surface area contributed by atoms with Crippen molar-refractivity contribution in [3.63, 3.8) is 0 Å². The second-order valence-corrected chi connectivity index (χ2v) is 21.8. The number of methoxy groups -OCH3 is 1. The molecule has 6 heterocycles. The Morgan fingerprint density at radius 3 is 2.40 bits per heavy atom. The number of ether oxygens (including phenoxy) is 2. The van der Waals surface area contributed by atoms with Gasteiger partial charge in [-0.15, -0.1) is 0 Å². The van der Waals surface area contributed by atoms with E-state index >= 15 is 0 Å². The van der Waals surface area contributed by atoms with E-state index in [2.05, 4.69) is 54.7 Å². The molecular weight excluding hydrogens is 868 g/mol. The monoisotopic (exact) mass is 930 g/mol. The number of carbonyl (C=O) groups excluding carboxylic acids is 3. The van der Waals surface area contributed by atoms with E-state index in [1.165, 1.54) is 11.3 Å². The van der Waals surface area contributed by atoms with Gasteiger partial charge in [-0.1, -0.05) is 25.1 Å². The lowest BCUT2D eigenvalue weighted by Crippen LogP contribution is -2.53. The van der Waals surface area contributed by atoms with Crippen LogP contribution in [-0.2, 0) is 27.1 Å². The van der Waals surface area contributed by atoms with Crippen molar-refractivity contribution >= 4 is 70.0 Å². The van der Waals surface area contributed by atoms with Crippen molar-refractivity contribution in [2.75, 3.05) is 88.4 Å². The molecule has 354 valence electrons. The van der Waals surface area contributed by atoms with E-state index in [1.54, 1.807) is 31.4 Å². The number of para-hydroxylation sites is 1. The molecular formula is C50H63N10O6P. The average molecular weight is 931 g/mol. The van der Waals surface area contributed by atoms with Gasteiger partial charge in [-0.25, -0.2) is 0 Å². The van der Waals surface area contributed by atoms with Crippen LogP contribution in [0.2, 0.25) is 0 Å². The first-order chi connectivity index (χ1) is 32.4. The number of aromatic nitrogens is 3. The summed E-state index contributed by atoms with van der Waals surface area (Å²) in [6, 6.07) is 19.5. The molecule has 0 aliphatic carbocycles. The second kappa shape index (κ2) is 19.7. The number of piperazine rings is 1. The molecule has 0 radical (unpaired) electrons. The van der Waals surface area contributed by atoms with E-state index in [0.717, 1.165) is 117 Å². The van der Waals surface area contributed by atoms with E-state index in [0.29, 0.717) is 54.3 Å². The van der Waals surface area contributed by atoms with Gasteiger partial charge in [0.05, 0.1) is 37.0 Å². The van der Waals surface area contributed by atoms with Gasteiger partial charge in [-0.05, 0) is 107 Å². The highest BCUT2D eigenvalue weighted by atomic mass is 31.2. The van der Waals surface area contributed by atoms with Gasteiger partial charge in [-0.2, -0.15) is 9.97 Å². The summed E-state index contributed by atoms with van der Waals surface area (Å²) in [5.74, 6) is 1.57. The Labute approximate surface area is 392 Å².